The van der Waals surface area contributed by atoms with E-state index in [1.807, 2.05) is 0 Å². The van der Waals surface area contributed by atoms with Gasteiger partial charge in [0, 0.05) is 11.4 Å². The maximum Gasteiger partial charge on any atom is 0.245 e. The van der Waals surface area contributed by atoms with Crippen LogP contribution in [0.25, 0.3) is 0 Å². The summed E-state index contributed by atoms with van der Waals surface area (Å²) < 4.78 is 27.5. The van der Waals surface area contributed by atoms with E-state index in [1.54, 1.807) is 13.0 Å². The molecule has 1 heterocycles. The van der Waals surface area contributed by atoms with Crippen LogP contribution in [0.2, 0.25) is 0 Å². The second-order valence-electron chi connectivity index (χ2n) is 3.92. The molecule has 9 heteroatoms. The Labute approximate surface area is 109 Å². The standard InChI is InChI=1S/C10H13N5O3S/c1-6-14-10(18-15-6)5-13-8-2-7(11)3-9(4-8)19(12,16)17/h2-4,13H,5,11H2,1H3,(H2,12,16,17). The Morgan fingerprint density at radius 2 is 2.11 bits per heavy atom. The van der Waals surface area contributed by atoms with Gasteiger partial charge in [-0.3, -0.25) is 0 Å². The van der Waals surface area contributed by atoms with Crippen molar-refractivity contribution in [3.63, 3.8) is 0 Å². The van der Waals surface area contributed by atoms with Gasteiger partial charge in [-0.15, -0.1) is 0 Å². The van der Waals surface area contributed by atoms with Gasteiger partial charge in [-0.1, -0.05) is 5.16 Å². The molecule has 0 unspecified atom stereocenters. The highest BCUT2D eigenvalue weighted by molar-refractivity contribution is 7.89. The third-order valence-electron chi connectivity index (χ3n) is 2.27. The minimum Gasteiger partial charge on any atom is -0.399 e. The van der Waals surface area contributed by atoms with E-state index in [4.69, 9.17) is 15.4 Å². The van der Waals surface area contributed by atoms with Crippen molar-refractivity contribution in [2.75, 3.05) is 11.1 Å². The summed E-state index contributed by atoms with van der Waals surface area (Å²) in [5, 5.41) is 11.6. The summed E-state index contributed by atoms with van der Waals surface area (Å²) in [5.41, 5.74) is 6.41. The van der Waals surface area contributed by atoms with Gasteiger partial charge >= 0.3 is 0 Å². The maximum atomic E-state index is 11.3. The lowest BCUT2D eigenvalue weighted by Gasteiger charge is -2.07. The fraction of sp³-hybridized carbons (Fsp3) is 0.200. The zero-order valence-corrected chi connectivity index (χ0v) is 10.9. The molecule has 2 rings (SSSR count). The number of anilines is 2. The van der Waals surface area contributed by atoms with Gasteiger partial charge < -0.3 is 15.6 Å². The first kappa shape index (κ1) is 13.3. The highest BCUT2D eigenvalue weighted by Gasteiger charge is 2.10. The number of nitrogens with zero attached hydrogens (tertiary/aromatic N) is 2. The van der Waals surface area contributed by atoms with Crippen molar-refractivity contribution in [3.05, 3.63) is 29.9 Å². The van der Waals surface area contributed by atoms with Crippen molar-refractivity contribution in [1.82, 2.24) is 10.1 Å². The first-order valence-electron chi connectivity index (χ1n) is 5.31. The van der Waals surface area contributed by atoms with E-state index in [2.05, 4.69) is 15.5 Å². The van der Waals surface area contributed by atoms with Crippen molar-refractivity contribution in [3.8, 4) is 0 Å². The molecule has 0 saturated heterocycles. The van der Waals surface area contributed by atoms with Crippen molar-refractivity contribution in [1.29, 1.82) is 0 Å². The molecule has 0 amide bonds. The molecule has 0 fully saturated rings. The van der Waals surface area contributed by atoms with E-state index in [1.165, 1.54) is 12.1 Å². The Morgan fingerprint density at radius 1 is 1.37 bits per heavy atom. The second kappa shape index (κ2) is 4.86. The summed E-state index contributed by atoms with van der Waals surface area (Å²) >= 11 is 0. The second-order valence-corrected chi connectivity index (χ2v) is 5.49. The molecule has 2 aromatic rings. The monoisotopic (exact) mass is 283 g/mol. The molecule has 19 heavy (non-hydrogen) atoms. The zero-order valence-electron chi connectivity index (χ0n) is 10.1. The number of primary sulfonamides is 1. The number of hydrogen-bond donors (Lipinski definition) is 3. The number of aromatic nitrogens is 2. The summed E-state index contributed by atoms with van der Waals surface area (Å²) in [6.45, 7) is 1.96. The summed E-state index contributed by atoms with van der Waals surface area (Å²) in [4.78, 5) is 3.95. The molecule has 0 aliphatic carbocycles. The molecule has 0 aliphatic heterocycles. The number of nitrogens with two attached hydrogens (primary N) is 2. The van der Waals surface area contributed by atoms with Crippen molar-refractivity contribution in [2.24, 2.45) is 5.14 Å². The van der Waals surface area contributed by atoms with E-state index in [0.717, 1.165) is 0 Å². The van der Waals surface area contributed by atoms with Gasteiger partial charge in [0.1, 0.15) is 0 Å². The van der Waals surface area contributed by atoms with Crippen LogP contribution in [-0.2, 0) is 16.6 Å². The predicted octanol–water partition coefficient (Wildman–Crippen LogP) is 0.220. The van der Waals surface area contributed by atoms with Crippen LogP contribution in [0.1, 0.15) is 11.7 Å². The molecular formula is C10H13N5O3S. The number of sulfonamides is 1. The summed E-state index contributed by atoms with van der Waals surface area (Å²) in [6, 6.07) is 4.25. The number of benzene rings is 1. The molecule has 102 valence electrons. The summed E-state index contributed by atoms with van der Waals surface area (Å²) in [6.07, 6.45) is 0. The molecule has 0 saturated carbocycles. The Morgan fingerprint density at radius 3 is 2.68 bits per heavy atom. The van der Waals surface area contributed by atoms with E-state index in [0.29, 0.717) is 17.4 Å². The Balaban J connectivity index is 2.19. The first-order valence-corrected chi connectivity index (χ1v) is 6.85. The van der Waals surface area contributed by atoms with Crippen LogP contribution < -0.4 is 16.2 Å². The molecule has 5 N–H and O–H groups in total. The van der Waals surface area contributed by atoms with E-state index in [9.17, 15) is 8.42 Å². The van der Waals surface area contributed by atoms with Crippen molar-refractivity contribution >= 4 is 21.4 Å². The molecule has 0 radical (unpaired) electrons. The minimum absolute atomic E-state index is 0.0586. The summed E-state index contributed by atoms with van der Waals surface area (Å²) in [5.74, 6) is 0.909. The Bertz CT molecular complexity index is 695. The SMILES string of the molecule is Cc1noc(CNc2cc(N)cc(S(N)(=O)=O)c2)n1. The van der Waals surface area contributed by atoms with Gasteiger partial charge in [-0.05, 0) is 25.1 Å². The lowest BCUT2D eigenvalue weighted by atomic mass is 10.3. The highest BCUT2D eigenvalue weighted by atomic mass is 32.2. The highest BCUT2D eigenvalue weighted by Crippen LogP contribution is 2.20. The average molecular weight is 283 g/mol. The van der Waals surface area contributed by atoms with Crippen molar-refractivity contribution in [2.45, 2.75) is 18.4 Å². The topological polar surface area (TPSA) is 137 Å². The molecule has 0 atom stereocenters. The van der Waals surface area contributed by atoms with Gasteiger partial charge in [-0.25, -0.2) is 13.6 Å². The normalized spacial score (nSPS) is 11.5. The minimum atomic E-state index is -3.80. The first-order chi connectivity index (χ1) is 8.84. The lowest BCUT2D eigenvalue weighted by molar-refractivity contribution is 0.379. The van der Waals surface area contributed by atoms with Gasteiger partial charge in [0.2, 0.25) is 15.9 Å². The Hall–Kier alpha value is -2.13. The van der Waals surface area contributed by atoms with Crippen LogP contribution in [0.3, 0.4) is 0 Å². The fourth-order valence-electron chi connectivity index (χ4n) is 1.48. The number of rotatable bonds is 4. The predicted molar refractivity (Wildman–Crippen MR) is 68.6 cm³/mol. The van der Waals surface area contributed by atoms with Crippen LogP contribution >= 0.6 is 0 Å². The maximum absolute atomic E-state index is 11.3. The van der Waals surface area contributed by atoms with E-state index < -0.39 is 10.0 Å². The molecule has 0 spiro atoms. The summed E-state index contributed by atoms with van der Waals surface area (Å²) in [7, 11) is -3.80. The quantitative estimate of drug-likeness (QED) is 0.682. The number of aryl methyl sites for hydroxylation is 1. The molecule has 1 aromatic heterocycles. The van der Waals surface area contributed by atoms with Gasteiger partial charge in [0.15, 0.2) is 5.82 Å². The Kier molecular flexibility index (Phi) is 3.40. The van der Waals surface area contributed by atoms with Gasteiger partial charge in [-0.2, -0.15) is 4.98 Å². The molecule has 0 aliphatic rings. The van der Waals surface area contributed by atoms with Gasteiger partial charge in [0.05, 0.1) is 11.4 Å². The lowest BCUT2D eigenvalue weighted by Crippen LogP contribution is -2.13. The van der Waals surface area contributed by atoms with E-state index in [-0.39, 0.29) is 17.1 Å². The van der Waals surface area contributed by atoms with Crippen LogP contribution in [0, 0.1) is 6.92 Å². The van der Waals surface area contributed by atoms with Gasteiger partial charge in [0.25, 0.3) is 0 Å². The molecule has 0 bridgehead atoms. The van der Waals surface area contributed by atoms with Crippen LogP contribution in [0.4, 0.5) is 11.4 Å². The number of nitrogens with one attached hydrogen (secondary N) is 1. The largest absolute Gasteiger partial charge is 0.399 e. The fourth-order valence-corrected chi connectivity index (χ4v) is 2.07. The third-order valence-corrected chi connectivity index (χ3v) is 3.16. The zero-order chi connectivity index (χ0) is 14.0. The molecular weight excluding hydrogens is 270 g/mol. The van der Waals surface area contributed by atoms with Crippen molar-refractivity contribution < 1.29 is 12.9 Å². The average Bonchev–Trinajstić information content (AvgIpc) is 2.71. The number of nitrogen functional groups attached to an aromatic ring is 1. The van der Waals surface area contributed by atoms with Crippen LogP contribution in [0.15, 0.2) is 27.6 Å². The third kappa shape index (κ3) is 3.42. The van der Waals surface area contributed by atoms with E-state index >= 15 is 0 Å². The molecule has 8 nitrogen and oxygen atoms in total. The van der Waals surface area contributed by atoms with Crippen LogP contribution in [-0.4, -0.2) is 18.6 Å². The molecule has 1 aromatic carbocycles. The van der Waals surface area contributed by atoms with Crippen LogP contribution in [0.5, 0.6) is 0 Å². The smallest absolute Gasteiger partial charge is 0.245 e. The number of hydrogen-bond acceptors (Lipinski definition) is 7.